The molecule has 1 N–H and O–H groups in total. The average Bonchev–Trinajstić information content (AvgIpc) is 2.64. The van der Waals surface area contributed by atoms with Gasteiger partial charge in [-0.05, 0) is 49.5 Å². The first-order chi connectivity index (χ1) is 12.7. The topological polar surface area (TPSA) is 21.3 Å². The third kappa shape index (κ3) is 4.94. The standard InChI is InChI=1S/C23H26NOP/c1-17-10-12-22(20(13-17)15-24-3)26-23-14-18(2)9-11-21(23)25-16-19-7-5-4-6-8-19/h4-14,24,26H,15-16H2,1-3H3. The molecule has 0 heterocycles. The Morgan fingerprint density at radius 3 is 2.35 bits per heavy atom. The molecule has 1 unspecified atom stereocenters. The number of aryl methyl sites for hydroxylation is 2. The quantitative estimate of drug-likeness (QED) is 0.634. The van der Waals surface area contributed by atoms with Gasteiger partial charge in [0.05, 0.1) is 0 Å². The van der Waals surface area contributed by atoms with E-state index < -0.39 is 0 Å². The van der Waals surface area contributed by atoms with Gasteiger partial charge < -0.3 is 10.1 Å². The van der Waals surface area contributed by atoms with Crippen LogP contribution in [-0.2, 0) is 13.2 Å². The summed E-state index contributed by atoms with van der Waals surface area (Å²) in [5, 5.41) is 5.92. The van der Waals surface area contributed by atoms with E-state index in [0.717, 1.165) is 12.3 Å². The van der Waals surface area contributed by atoms with Crippen molar-refractivity contribution in [2.45, 2.75) is 27.0 Å². The number of hydrogen-bond donors (Lipinski definition) is 1. The second-order valence-electron chi connectivity index (χ2n) is 6.59. The van der Waals surface area contributed by atoms with Crippen LogP contribution in [0.5, 0.6) is 5.75 Å². The normalized spacial score (nSPS) is 11.2. The summed E-state index contributed by atoms with van der Waals surface area (Å²) in [6.45, 7) is 5.76. The van der Waals surface area contributed by atoms with Gasteiger partial charge >= 0.3 is 0 Å². The van der Waals surface area contributed by atoms with Crippen molar-refractivity contribution < 1.29 is 4.74 Å². The molecule has 0 spiro atoms. The van der Waals surface area contributed by atoms with Crippen LogP contribution in [0.1, 0.15) is 22.3 Å². The maximum absolute atomic E-state index is 6.17. The van der Waals surface area contributed by atoms with E-state index >= 15 is 0 Å². The van der Waals surface area contributed by atoms with Gasteiger partial charge in [-0.3, -0.25) is 0 Å². The van der Waals surface area contributed by atoms with Crippen LogP contribution in [0.15, 0.2) is 66.7 Å². The van der Waals surface area contributed by atoms with E-state index in [1.807, 2.05) is 25.2 Å². The highest BCUT2D eigenvalue weighted by Crippen LogP contribution is 2.23. The molecule has 0 radical (unpaired) electrons. The maximum atomic E-state index is 6.17. The molecule has 0 saturated carbocycles. The maximum Gasteiger partial charge on any atom is 0.127 e. The predicted molar refractivity (Wildman–Crippen MR) is 113 cm³/mol. The van der Waals surface area contributed by atoms with Gasteiger partial charge in [0, 0.05) is 11.8 Å². The number of ether oxygens (including phenoxy) is 1. The predicted octanol–water partition coefficient (Wildman–Crippen LogP) is 4.23. The summed E-state index contributed by atoms with van der Waals surface area (Å²) in [5.74, 6) is 0.980. The zero-order valence-corrected chi connectivity index (χ0v) is 16.7. The smallest absolute Gasteiger partial charge is 0.127 e. The Balaban J connectivity index is 1.84. The van der Waals surface area contributed by atoms with E-state index in [1.165, 1.54) is 32.9 Å². The summed E-state index contributed by atoms with van der Waals surface area (Å²) < 4.78 is 6.17. The lowest BCUT2D eigenvalue weighted by Gasteiger charge is -2.15. The number of hydrogen-bond acceptors (Lipinski definition) is 2. The van der Waals surface area contributed by atoms with E-state index in [1.54, 1.807) is 0 Å². The van der Waals surface area contributed by atoms with Crippen molar-refractivity contribution in [3.8, 4) is 5.75 Å². The highest BCUT2D eigenvalue weighted by molar-refractivity contribution is 7.55. The molecule has 3 rings (SSSR count). The van der Waals surface area contributed by atoms with Gasteiger partial charge in [-0.1, -0.05) is 74.3 Å². The first kappa shape index (κ1) is 18.6. The number of rotatable bonds is 7. The minimum Gasteiger partial charge on any atom is -0.488 e. The Hall–Kier alpha value is -2.15. The summed E-state index contributed by atoms with van der Waals surface area (Å²) in [5.41, 5.74) is 5.12. The lowest BCUT2D eigenvalue weighted by atomic mass is 10.1. The van der Waals surface area contributed by atoms with E-state index in [9.17, 15) is 0 Å². The summed E-state index contributed by atoms with van der Waals surface area (Å²) in [4.78, 5) is 0. The highest BCUT2D eigenvalue weighted by Gasteiger charge is 2.09. The van der Waals surface area contributed by atoms with Crippen LogP contribution < -0.4 is 20.7 Å². The molecule has 3 aromatic carbocycles. The second-order valence-corrected chi connectivity index (χ2v) is 7.92. The molecule has 3 heteroatoms. The van der Waals surface area contributed by atoms with Crippen LogP contribution in [0, 0.1) is 13.8 Å². The van der Waals surface area contributed by atoms with Crippen molar-refractivity contribution in [3.63, 3.8) is 0 Å². The van der Waals surface area contributed by atoms with Crippen molar-refractivity contribution in [2.75, 3.05) is 7.05 Å². The SMILES string of the molecule is CNCc1cc(C)ccc1Pc1cc(C)ccc1OCc1ccccc1. The largest absolute Gasteiger partial charge is 0.488 e. The Morgan fingerprint density at radius 1 is 0.846 bits per heavy atom. The molecule has 3 aromatic rings. The second kappa shape index (κ2) is 8.98. The van der Waals surface area contributed by atoms with E-state index in [2.05, 4.69) is 67.7 Å². The average molecular weight is 363 g/mol. The molecule has 0 bridgehead atoms. The summed E-state index contributed by atoms with van der Waals surface area (Å²) in [7, 11) is 2.58. The highest BCUT2D eigenvalue weighted by atomic mass is 31.1. The third-order valence-corrected chi connectivity index (χ3v) is 5.69. The van der Waals surface area contributed by atoms with Crippen molar-refractivity contribution in [2.24, 2.45) is 0 Å². The first-order valence-corrected chi connectivity index (χ1v) is 9.94. The minimum absolute atomic E-state index is 0.579. The van der Waals surface area contributed by atoms with Crippen LogP contribution in [0.2, 0.25) is 0 Å². The van der Waals surface area contributed by atoms with Crippen molar-refractivity contribution >= 4 is 19.2 Å². The van der Waals surface area contributed by atoms with Crippen molar-refractivity contribution in [3.05, 3.63) is 89.0 Å². The number of benzene rings is 3. The van der Waals surface area contributed by atoms with Crippen LogP contribution in [0.4, 0.5) is 0 Å². The minimum atomic E-state index is 0.579. The summed E-state index contributed by atoms with van der Waals surface area (Å²) >= 11 is 0. The molecule has 0 fully saturated rings. The fraction of sp³-hybridized carbons (Fsp3) is 0.217. The van der Waals surface area contributed by atoms with E-state index in [4.69, 9.17) is 4.74 Å². The van der Waals surface area contributed by atoms with Gasteiger partial charge in [0.2, 0.25) is 0 Å². The van der Waals surface area contributed by atoms with Gasteiger partial charge in [-0.15, -0.1) is 0 Å². The molecule has 0 aliphatic carbocycles. The molecule has 0 aliphatic rings. The molecular weight excluding hydrogens is 337 g/mol. The Labute approximate surface area is 158 Å². The van der Waals surface area contributed by atoms with Gasteiger partial charge in [0.15, 0.2) is 0 Å². The van der Waals surface area contributed by atoms with E-state index in [0.29, 0.717) is 15.2 Å². The fourth-order valence-corrected chi connectivity index (χ4v) is 4.29. The molecule has 0 saturated heterocycles. The Bertz CT molecular complexity index is 861. The molecule has 1 atom stereocenters. The zero-order chi connectivity index (χ0) is 18.4. The fourth-order valence-electron chi connectivity index (χ4n) is 2.93. The van der Waals surface area contributed by atoms with Crippen LogP contribution >= 0.6 is 8.58 Å². The summed E-state index contributed by atoms with van der Waals surface area (Å²) in [6, 6.07) is 23.5. The van der Waals surface area contributed by atoms with Gasteiger partial charge in [0.1, 0.15) is 12.4 Å². The summed E-state index contributed by atoms with van der Waals surface area (Å²) in [6.07, 6.45) is 0. The monoisotopic (exact) mass is 363 g/mol. The van der Waals surface area contributed by atoms with Gasteiger partial charge in [-0.2, -0.15) is 0 Å². The van der Waals surface area contributed by atoms with Gasteiger partial charge in [-0.25, -0.2) is 0 Å². The molecule has 134 valence electrons. The lowest BCUT2D eigenvalue weighted by molar-refractivity contribution is 0.309. The molecule has 2 nitrogen and oxygen atoms in total. The molecular formula is C23H26NOP. The van der Waals surface area contributed by atoms with Crippen LogP contribution in [0.3, 0.4) is 0 Å². The van der Waals surface area contributed by atoms with Crippen molar-refractivity contribution in [1.29, 1.82) is 0 Å². The van der Waals surface area contributed by atoms with Crippen LogP contribution in [0.25, 0.3) is 0 Å². The van der Waals surface area contributed by atoms with Crippen molar-refractivity contribution in [1.82, 2.24) is 5.32 Å². The third-order valence-electron chi connectivity index (χ3n) is 4.27. The van der Waals surface area contributed by atoms with E-state index in [-0.39, 0.29) is 0 Å². The molecule has 26 heavy (non-hydrogen) atoms. The van der Waals surface area contributed by atoms with Gasteiger partial charge in [0.25, 0.3) is 0 Å². The Kier molecular flexibility index (Phi) is 6.44. The zero-order valence-electron chi connectivity index (χ0n) is 15.7. The molecule has 0 aromatic heterocycles. The Morgan fingerprint density at radius 2 is 1.58 bits per heavy atom. The van der Waals surface area contributed by atoms with Crippen LogP contribution in [-0.4, -0.2) is 7.05 Å². The first-order valence-electron chi connectivity index (χ1n) is 8.94. The molecule has 0 aliphatic heterocycles. The molecule has 0 amide bonds. The number of nitrogens with one attached hydrogen (secondary N) is 1. The lowest BCUT2D eigenvalue weighted by Crippen LogP contribution is -2.16.